The molecule has 0 aliphatic heterocycles. The minimum absolute atomic E-state index is 0.0728. The summed E-state index contributed by atoms with van der Waals surface area (Å²) in [5, 5.41) is 11.1. The van der Waals surface area contributed by atoms with Crippen LogP contribution in [0, 0.1) is 16.0 Å². The summed E-state index contributed by atoms with van der Waals surface area (Å²) in [5.74, 6) is 2.35. The van der Waals surface area contributed by atoms with Crippen molar-refractivity contribution in [3.8, 4) is 5.75 Å². The maximum atomic E-state index is 11.1. The Bertz CT molecular complexity index is 930. The van der Waals surface area contributed by atoms with Gasteiger partial charge in [0, 0.05) is 25.1 Å². The van der Waals surface area contributed by atoms with Gasteiger partial charge in [0.1, 0.15) is 11.6 Å². The minimum Gasteiger partial charge on any atom is -0.494 e. The monoisotopic (exact) mass is 367 g/mol. The Morgan fingerprint density at radius 2 is 1.93 bits per heavy atom. The largest absolute Gasteiger partial charge is 0.494 e. The van der Waals surface area contributed by atoms with E-state index in [-0.39, 0.29) is 10.6 Å². The number of rotatable bonds is 8. The van der Waals surface area contributed by atoms with Gasteiger partial charge < -0.3 is 9.30 Å². The average Bonchev–Trinajstić information content (AvgIpc) is 2.98. The lowest BCUT2D eigenvalue weighted by Crippen LogP contribution is -2.07. The van der Waals surface area contributed by atoms with Gasteiger partial charge in [-0.25, -0.2) is 4.98 Å². The number of nitrogens with zero attached hydrogens (tertiary/aromatic N) is 3. The topological polar surface area (TPSA) is 70.2 Å². The lowest BCUT2D eigenvalue weighted by Gasteiger charge is -2.11. The third-order valence-electron chi connectivity index (χ3n) is 4.55. The Labute approximate surface area is 158 Å². The summed E-state index contributed by atoms with van der Waals surface area (Å²) in [7, 11) is 0. The molecule has 2 aromatic carbocycles. The number of aromatic nitrogens is 2. The number of non-ortho nitro benzene ring substituents is 1. The normalized spacial score (nSPS) is 11.3. The molecule has 0 bridgehead atoms. The van der Waals surface area contributed by atoms with Crippen LogP contribution in [0.1, 0.15) is 38.6 Å². The first kappa shape index (κ1) is 18.9. The van der Waals surface area contributed by atoms with Gasteiger partial charge in [-0.15, -0.1) is 0 Å². The van der Waals surface area contributed by atoms with Gasteiger partial charge in [-0.3, -0.25) is 10.1 Å². The van der Waals surface area contributed by atoms with Gasteiger partial charge in [0.15, 0.2) is 0 Å². The highest BCUT2D eigenvalue weighted by molar-refractivity contribution is 5.78. The van der Waals surface area contributed by atoms with E-state index in [0.29, 0.717) is 24.5 Å². The standard InChI is InChI=1S/C21H25N3O3/c1-4-27-18-8-5-16(6-9-18)13-21-22-19-14-17(24(25)26)7-10-20(19)23(21)12-11-15(2)3/h5-10,14-15H,4,11-13H2,1-3H3. The van der Waals surface area contributed by atoms with Crippen LogP contribution < -0.4 is 4.74 Å². The van der Waals surface area contributed by atoms with Crippen molar-refractivity contribution in [3.63, 3.8) is 0 Å². The predicted octanol–water partition coefficient (Wildman–Crippen LogP) is 4.98. The summed E-state index contributed by atoms with van der Waals surface area (Å²) in [6, 6.07) is 12.9. The minimum atomic E-state index is -0.376. The van der Waals surface area contributed by atoms with Crippen LogP contribution >= 0.6 is 0 Å². The zero-order valence-corrected chi connectivity index (χ0v) is 16.0. The molecule has 0 fully saturated rings. The van der Waals surface area contributed by atoms with Gasteiger partial charge in [0.25, 0.3) is 5.69 Å². The van der Waals surface area contributed by atoms with Crippen molar-refractivity contribution in [2.24, 2.45) is 5.92 Å². The molecule has 0 aliphatic carbocycles. The van der Waals surface area contributed by atoms with Crippen LogP contribution in [-0.2, 0) is 13.0 Å². The molecule has 0 N–H and O–H groups in total. The second kappa shape index (κ2) is 8.20. The number of imidazole rings is 1. The molecule has 0 spiro atoms. The van der Waals surface area contributed by atoms with Gasteiger partial charge in [-0.05, 0) is 43.0 Å². The molecule has 6 nitrogen and oxygen atoms in total. The SMILES string of the molecule is CCOc1ccc(Cc2nc3cc([N+](=O)[O-])ccc3n2CCC(C)C)cc1. The molecule has 142 valence electrons. The average molecular weight is 367 g/mol. The Hall–Kier alpha value is -2.89. The molecule has 3 rings (SSSR count). The number of benzene rings is 2. The first-order chi connectivity index (χ1) is 13.0. The van der Waals surface area contributed by atoms with Crippen LogP contribution in [0.3, 0.4) is 0 Å². The molecule has 0 unspecified atom stereocenters. The maximum absolute atomic E-state index is 11.1. The summed E-state index contributed by atoms with van der Waals surface area (Å²) in [6.07, 6.45) is 1.70. The van der Waals surface area contributed by atoms with Crippen LogP contribution in [0.25, 0.3) is 11.0 Å². The van der Waals surface area contributed by atoms with Crippen LogP contribution in [0.5, 0.6) is 5.75 Å². The zero-order chi connectivity index (χ0) is 19.4. The van der Waals surface area contributed by atoms with Gasteiger partial charge in [-0.2, -0.15) is 0 Å². The van der Waals surface area contributed by atoms with E-state index in [1.54, 1.807) is 12.1 Å². The van der Waals surface area contributed by atoms with E-state index in [0.717, 1.165) is 35.6 Å². The number of hydrogen-bond acceptors (Lipinski definition) is 4. The van der Waals surface area contributed by atoms with E-state index in [2.05, 4.69) is 18.4 Å². The number of hydrogen-bond donors (Lipinski definition) is 0. The molecule has 0 atom stereocenters. The number of nitro groups is 1. The first-order valence-corrected chi connectivity index (χ1v) is 9.33. The van der Waals surface area contributed by atoms with Crippen molar-refractivity contribution in [2.75, 3.05) is 6.61 Å². The fourth-order valence-electron chi connectivity index (χ4n) is 3.11. The second-order valence-corrected chi connectivity index (χ2v) is 7.05. The summed E-state index contributed by atoms with van der Waals surface area (Å²) in [6.45, 7) is 7.83. The Kier molecular flexibility index (Phi) is 5.74. The first-order valence-electron chi connectivity index (χ1n) is 9.33. The molecule has 0 saturated heterocycles. The Balaban J connectivity index is 1.95. The zero-order valence-electron chi connectivity index (χ0n) is 16.0. The number of ether oxygens (including phenoxy) is 1. The van der Waals surface area contributed by atoms with Crippen LogP contribution in [-0.4, -0.2) is 21.1 Å². The van der Waals surface area contributed by atoms with Gasteiger partial charge in [-0.1, -0.05) is 26.0 Å². The number of nitro benzene ring substituents is 1. The number of aryl methyl sites for hydroxylation is 1. The molecule has 27 heavy (non-hydrogen) atoms. The van der Waals surface area contributed by atoms with Crippen molar-refractivity contribution in [1.82, 2.24) is 9.55 Å². The highest BCUT2D eigenvalue weighted by atomic mass is 16.6. The second-order valence-electron chi connectivity index (χ2n) is 7.05. The predicted molar refractivity (Wildman–Crippen MR) is 106 cm³/mol. The van der Waals surface area contributed by atoms with Crippen molar-refractivity contribution in [2.45, 2.75) is 40.2 Å². The molecule has 0 amide bonds. The Morgan fingerprint density at radius 3 is 2.56 bits per heavy atom. The molecule has 0 saturated carbocycles. The van der Waals surface area contributed by atoms with Gasteiger partial charge in [0.05, 0.1) is 22.6 Å². The van der Waals surface area contributed by atoms with Crippen molar-refractivity contribution < 1.29 is 9.66 Å². The van der Waals surface area contributed by atoms with Crippen molar-refractivity contribution in [1.29, 1.82) is 0 Å². The van der Waals surface area contributed by atoms with Gasteiger partial charge in [0.2, 0.25) is 0 Å². The lowest BCUT2D eigenvalue weighted by atomic mass is 10.1. The highest BCUT2D eigenvalue weighted by Crippen LogP contribution is 2.25. The summed E-state index contributed by atoms with van der Waals surface area (Å²) < 4.78 is 7.69. The molecule has 0 radical (unpaired) electrons. The van der Waals surface area contributed by atoms with E-state index in [4.69, 9.17) is 9.72 Å². The summed E-state index contributed by atoms with van der Waals surface area (Å²) in [4.78, 5) is 15.4. The third kappa shape index (κ3) is 4.45. The third-order valence-corrected chi connectivity index (χ3v) is 4.55. The van der Waals surface area contributed by atoms with Crippen molar-refractivity contribution in [3.05, 3.63) is 64.0 Å². The molecular weight excluding hydrogens is 342 g/mol. The van der Waals surface area contributed by atoms with E-state index < -0.39 is 0 Å². The van der Waals surface area contributed by atoms with Crippen LogP contribution in [0.2, 0.25) is 0 Å². The van der Waals surface area contributed by atoms with E-state index in [1.165, 1.54) is 0 Å². The molecular formula is C21H25N3O3. The van der Waals surface area contributed by atoms with Crippen LogP contribution in [0.4, 0.5) is 5.69 Å². The molecule has 1 aromatic heterocycles. The molecule has 3 aromatic rings. The maximum Gasteiger partial charge on any atom is 0.271 e. The number of fused-ring (bicyclic) bond motifs is 1. The summed E-state index contributed by atoms with van der Waals surface area (Å²) in [5.41, 5.74) is 2.83. The van der Waals surface area contributed by atoms with Crippen LogP contribution in [0.15, 0.2) is 42.5 Å². The highest BCUT2D eigenvalue weighted by Gasteiger charge is 2.15. The van der Waals surface area contributed by atoms with E-state index in [9.17, 15) is 10.1 Å². The summed E-state index contributed by atoms with van der Waals surface area (Å²) >= 11 is 0. The lowest BCUT2D eigenvalue weighted by molar-refractivity contribution is -0.384. The molecule has 6 heteroatoms. The molecule has 0 aliphatic rings. The smallest absolute Gasteiger partial charge is 0.271 e. The van der Waals surface area contributed by atoms with E-state index in [1.807, 2.05) is 37.3 Å². The van der Waals surface area contributed by atoms with E-state index >= 15 is 0 Å². The fourth-order valence-corrected chi connectivity index (χ4v) is 3.11. The molecule has 1 heterocycles. The van der Waals surface area contributed by atoms with Crippen molar-refractivity contribution >= 4 is 16.7 Å². The van der Waals surface area contributed by atoms with Gasteiger partial charge >= 0.3 is 0 Å². The fraction of sp³-hybridized carbons (Fsp3) is 0.381. The Morgan fingerprint density at radius 1 is 1.19 bits per heavy atom. The quantitative estimate of drug-likeness (QED) is 0.416.